The van der Waals surface area contributed by atoms with Crippen LogP contribution >= 0.6 is 11.6 Å². The quantitative estimate of drug-likeness (QED) is 0.586. The highest BCUT2D eigenvalue weighted by Gasteiger charge is 2.20. The average molecular weight is 408 g/mol. The lowest BCUT2D eigenvalue weighted by molar-refractivity contribution is 0.0455. The van der Waals surface area contributed by atoms with Gasteiger partial charge in [-0.05, 0) is 18.2 Å². The molecule has 2 N–H and O–H groups in total. The van der Waals surface area contributed by atoms with Crippen molar-refractivity contribution in [3.8, 4) is 5.75 Å². The Morgan fingerprint density at radius 1 is 1.21 bits per heavy atom. The van der Waals surface area contributed by atoms with Gasteiger partial charge in [0.1, 0.15) is 23.7 Å². The summed E-state index contributed by atoms with van der Waals surface area (Å²) < 4.78 is 24.4. The first-order chi connectivity index (χ1) is 13.5. The Morgan fingerprint density at radius 2 is 1.93 bits per heavy atom. The zero-order valence-corrected chi connectivity index (χ0v) is 16.4. The molecule has 28 heavy (non-hydrogen) atoms. The highest BCUT2D eigenvalue weighted by atomic mass is 35.5. The SMILES string of the molecule is COc1cc(N)c(Cl)cc1C(=O)OCCN1CCN(c2ccccc2F)CC1. The Labute approximate surface area is 168 Å². The van der Waals surface area contributed by atoms with Crippen LogP contribution < -0.4 is 15.4 Å². The minimum absolute atomic E-state index is 0.207. The maximum Gasteiger partial charge on any atom is 0.342 e. The Kier molecular flexibility index (Phi) is 6.59. The fourth-order valence-corrected chi connectivity index (χ4v) is 3.33. The molecule has 2 aromatic rings. The number of carbonyl (C=O) groups excluding carboxylic acids is 1. The van der Waals surface area contributed by atoms with E-state index in [9.17, 15) is 9.18 Å². The Morgan fingerprint density at radius 3 is 2.61 bits per heavy atom. The molecule has 8 heteroatoms. The molecule has 1 aliphatic heterocycles. The van der Waals surface area contributed by atoms with Gasteiger partial charge in [-0.15, -0.1) is 0 Å². The highest BCUT2D eigenvalue weighted by molar-refractivity contribution is 6.33. The predicted molar refractivity (Wildman–Crippen MR) is 108 cm³/mol. The van der Waals surface area contributed by atoms with Gasteiger partial charge in [-0.25, -0.2) is 9.18 Å². The number of para-hydroxylation sites is 1. The molecule has 0 aliphatic carbocycles. The number of hydrogen-bond acceptors (Lipinski definition) is 6. The number of carbonyl (C=O) groups is 1. The van der Waals surface area contributed by atoms with E-state index in [4.69, 9.17) is 26.8 Å². The smallest absolute Gasteiger partial charge is 0.342 e. The lowest BCUT2D eigenvalue weighted by atomic mass is 10.2. The number of methoxy groups -OCH3 is 1. The molecule has 0 amide bonds. The van der Waals surface area contributed by atoms with Crippen molar-refractivity contribution in [1.29, 1.82) is 0 Å². The molecule has 1 aliphatic rings. The number of rotatable bonds is 6. The van der Waals surface area contributed by atoms with Gasteiger partial charge in [0, 0.05) is 38.8 Å². The summed E-state index contributed by atoms with van der Waals surface area (Å²) in [5, 5.41) is 0.275. The van der Waals surface area contributed by atoms with Crippen LogP contribution in [0.2, 0.25) is 5.02 Å². The average Bonchev–Trinajstić information content (AvgIpc) is 2.70. The number of hydrogen-bond donors (Lipinski definition) is 1. The van der Waals surface area contributed by atoms with Crippen molar-refractivity contribution >= 4 is 28.9 Å². The molecule has 2 aromatic carbocycles. The molecular formula is C20H23ClFN3O3. The third-order valence-electron chi connectivity index (χ3n) is 4.74. The van der Waals surface area contributed by atoms with E-state index in [1.807, 2.05) is 11.0 Å². The molecule has 3 rings (SSSR count). The van der Waals surface area contributed by atoms with Crippen LogP contribution in [0.4, 0.5) is 15.8 Å². The van der Waals surface area contributed by atoms with E-state index in [2.05, 4.69) is 4.90 Å². The monoisotopic (exact) mass is 407 g/mol. The zero-order chi connectivity index (χ0) is 20.1. The van der Waals surface area contributed by atoms with Crippen LogP contribution in [0.3, 0.4) is 0 Å². The summed E-state index contributed by atoms with van der Waals surface area (Å²) >= 11 is 5.99. The molecule has 0 bridgehead atoms. The van der Waals surface area contributed by atoms with Crippen LogP contribution in [-0.2, 0) is 4.74 Å². The van der Waals surface area contributed by atoms with Crippen molar-refractivity contribution in [3.63, 3.8) is 0 Å². The summed E-state index contributed by atoms with van der Waals surface area (Å²) in [6, 6.07) is 9.73. The van der Waals surface area contributed by atoms with Crippen LogP contribution in [-0.4, -0.2) is 57.3 Å². The highest BCUT2D eigenvalue weighted by Crippen LogP contribution is 2.29. The number of ether oxygens (including phenoxy) is 2. The van der Waals surface area contributed by atoms with Crippen LogP contribution in [0.15, 0.2) is 36.4 Å². The molecule has 0 atom stereocenters. The molecule has 0 spiro atoms. The molecule has 6 nitrogen and oxygen atoms in total. The van der Waals surface area contributed by atoms with E-state index in [-0.39, 0.29) is 23.0 Å². The standard InChI is InChI=1S/C20H23ClFN3O3/c1-27-19-13-17(23)15(21)12-14(19)20(26)28-11-10-24-6-8-25(9-7-24)18-5-3-2-4-16(18)22/h2-5,12-13H,6-11,23H2,1H3. The zero-order valence-electron chi connectivity index (χ0n) is 15.7. The first kappa shape index (κ1) is 20.2. The van der Waals surface area contributed by atoms with Crippen molar-refractivity contribution in [2.75, 3.05) is 57.1 Å². The second kappa shape index (κ2) is 9.12. The van der Waals surface area contributed by atoms with Crippen molar-refractivity contribution < 1.29 is 18.7 Å². The van der Waals surface area contributed by atoms with Crippen LogP contribution in [0.1, 0.15) is 10.4 Å². The molecule has 150 valence electrons. The predicted octanol–water partition coefficient (Wildman–Crippen LogP) is 3.05. The number of esters is 1. The van der Waals surface area contributed by atoms with Crippen molar-refractivity contribution in [2.24, 2.45) is 0 Å². The third kappa shape index (κ3) is 4.66. The number of piperazine rings is 1. The fourth-order valence-electron chi connectivity index (χ4n) is 3.16. The first-order valence-electron chi connectivity index (χ1n) is 9.01. The van der Waals surface area contributed by atoms with Gasteiger partial charge < -0.3 is 20.1 Å². The van der Waals surface area contributed by atoms with E-state index >= 15 is 0 Å². The normalized spacial score (nSPS) is 14.8. The van der Waals surface area contributed by atoms with E-state index in [0.717, 1.165) is 26.2 Å². The van der Waals surface area contributed by atoms with Gasteiger partial charge >= 0.3 is 5.97 Å². The molecule has 0 radical (unpaired) electrons. The van der Waals surface area contributed by atoms with E-state index in [0.29, 0.717) is 23.7 Å². The molecule has 0 aromatic heterocycles. The van der Waals surface area contributed by atoms with Gasteiger partial charge in [0.25, 0.3) is 0 Å². The molecule has 1 heterocycles. The van der Waals surface area contributed by atoms with Gasteiger partial charge in [-0.3, -0.25) is 4.90 Å². The Bertz CT molecular complexity index is 841. The van der Waals surface area contributed by atoms with Crippen molar-refractivity contribution in [2.45, 2.75) is 0 Å². The number of halogens is 2. The van der Waals surface area contributed by atoms with Crippen LogP contribution in [0.5, 0.6) is 5.75 Å². The lowest BCUT2D eigenvalue weighted by Gasteiger charge is -2.36. The molecule has 1 saturated heterocycles. The second-order valence-corrected chi connectivity index (χ2v) is 6.90. The summed E-state index contributed by atoms with van der Waals surface area (Å²) in [5.41, 5.74) is 6.93. The summed E-state index contributed by atoms with van der Waals surface area (Å²) in [7, 11) is 1.45. The lowest BCUT2D eigenvalue weighted by Crippen LogP contribution is -2.47. The third-order valence-corrected chi connectivity index (χ3v) is 5.07. The van der Waals surface area contributed by atoms with E-state index in [1.165, 1.54) is 25.3 Å². The van der Waals surface area contributed by atoms with Crippen molar-refractivity contribution in [3.05, 3.63) is 52.8 Å². The van der Waals surface area contributed by atoms with Crippen LogP contribution in [0, 0.1) is 5.82 Å². The number of nitrogens with two attached hydrogens (primary N) is 1. The molecular weight excluding hydrogens is 385 g/mol. The maximum absolute atomic E-state index is 13.9. The minimum Gasteiger partial charge on any atom is -0.496 e. The second-order valence-electron chi connectivity index (χ2n) is 6.49. The van der Waals surface area contributed by atoms with Gasteiger partial charge in [0.2, 0.25) is 0 Å². The Hall–Kier alpha value is -2.51. The number of nitrogens with zero attached hydrogens (tertiary/aromatic N) is 2. The topological polar surface area (TPSA) is 68.0 Å². The summed E-state index contributed by atoms with van der Waals surface area (Å²) in [5.74, 6) is -0.393. The van der Waals surface area contributed by atoms with Crippen LogP contribution in [0.25, 0.3) is 0 Å². The van der Waals surface area contributed by atoms with Gasteiger partial charge in [0.15, 0.2) is 0 Å². The fraction of sp³-hybridized carbons (Fsp3) is 0.350. The number of nitrogen functional groups attached to an aromatic ring is 1. The maximum atomic E-state index is 13.9. The van der Waals surface area contributed by atoms with Gasteiger partial charge in [-0.2, -0.15) is 0 Å². The first-order valence-corrected chi connectivity index (χ1v) is 9.39. The van der Waals surface area contributed by atoms with Gasteiger partial charge in [-0.1, -0.05) is 23.7 Å². The summed E-state index contributed by atoms with van der Waals surface area (Å²) in [4.78, 5) is 16.5. The molecule has 0 unspecified atom stereocenters. The molecule has 0 saturated carbocycles. The van der Waals surface area contributed by atoms with Gasteiger partial charge in [0.05, 0.1) is 23.5 Å². The number of anilines is 2. The summed E-state index contributed by atoms with van der Waals surface area (Å²) in [6.45, 7) is 3.81. The van der Waals surface area contributed by atoms with Crippen molar-refractivity contribution in [1.82, 2.24) is 4.90 Å². The summed E-state index contributed by atoms with van der Waals surface area (Å²) in [6.07, 6.45) is 0. The van der Waals surface area contributed by atoms with E-state index in [1.54, 1.807) is 12.1 Å². The van der Waals surface area contributed by atoms with E-state index < -0.39 is 5.97 Å². The molecule has 1 fully saturated rings. The minimum atomic E-state index is -0.510. The largest absolute Gasteiger partial charge is 0.496 e. The Balaban J connectivity index is 1.48. The number of benzene rings is 2.